The molecule has 1 aliphatic carbocycles. The van der Waals surface area contributed by atoms with Crippen molar-refractivity contribution in [1.82, 2.24) is 4.57 Å². The molecule has 0 saturated carbocycles. The third kappa shape index (κ3) is 3.22. The molecule has 0 bridgehead atoms. The highest BCUT2D eigenvalue weighted by Crippen LogP contribution is 2.38. The number of ketones is 2. The summed E-state index contributed by atoms with van der Waals surface area (Å²) in [7, 11) is 2.90. The van der Waals surface area contributed by atoms with E-state index in [0.29, 0.717) is 5.69 Å². The molecular weight excluding hydrogens is 378 g/mol. The lowest BCUT2D eigenvalue weighted by Gasteiger charge is -2.16. The van der Waals surface area contributed by atoms with Gasteiger partial charge in [-0.05, 0) is 26.0 Å². The molecule has 0 N–H and O–H groups in total. The van der Waals surface area contributed by atoms with Crippen LogP contribution in [0.1, 0.15) is 50.7 Å². The molecule has 1 aliphatic rings. The maximum absolute atomic E-state index is 12.9. The lowest BCUT2D eigenvalue weighted by molar-refractivity contribution is -0.131. The number of rotatable bonds is 4. The largest absolute Gasteiger partial charge is 0.492 e. The van der Waals surface area contributed by atoms with Gasteiger partial charge in [-0.3, -0.25) is 14.4 Å². The SMILES string of the molecule is COC1=C(C)C(=O)c2c(c(OC(=O)c3ccccc3OC(C)=O)c(C)n2C)C1=O. The van der Waals surface area contributed by atoms with Crippen LogP contribution in [0.15, 0.2) is 35.6 Å². The monoisotopic (exact) mass is 397 g/mol. The highest BCUT2D eigenvalue weighted by molar-refractivity contribution is 6.27. The fraction of sp³-hybridized carbons (Fsp3) is 0.238. The van der Waals surface area contributed by atoms with Crippen molar-refractivity contribution in [2.45, 2.75) is 20.8 Å². The van der Waals surface area contributed by atoms with E-state index in [-0.39, 0.29) is 45.4 Å². The summed E-state index contributed by atoms with van der Waals surface area (Å²) in [6.45, 7) is 4.34. The fourth-order valence-corrected chi connectivity index (χ4v) is 3.21. The van der Waals surface area contributed by atoms with Crippen LogP contribution in [0.2, 0.25) is 0 Å². The zero-order valence-electron chi connectivity index (χ0n) is 16.6. The highest BCUT2D eigenvalue weighted by atomic mass is 16.6. The van der Waals surface area contributed by atoms with E-state index in [9.17, 15) is 19.2 Å². The number of carbonyl (C=O) groups is 4. The van der Waals surface area contributed by atoms with Gasteiger partial charge in [0.2, 0.25) is 11.6 Å². The number of ether oxygens (including phenoxy) is 3. The Hall–Kier alpha value is -3.68. The van der Waals surface area contributed by atoms with Crippen LogP contribution in [0.4, 0.5) is 0 Å². The molecule has 0 atom stereocenters. The van der Waals surface area contributed by atoms with E-state index in [1.807, 2.05) is 0 Å². The van der Waals surface area contributed by atoms with Gasteiger partial charge in [0.05, 0.1) is 18.4 Å². The summed E-state index contributed by atoms with van der Waals surface area (Å²) in [5.41, 5.74) is 0.703. The van der Waals surface area contributed by atoms with Crippen LogP contribution in [0.5, 0.6) is 11.5 Å². The van der Waals surface area contributed by atoms with Crippen molar-refractivity contribution in [3.05, 3.63) is 58.1 Å². The van der Waals surface area contributed by atoms with Gasteiger partial charge in [-0.15, -0.1) is 0 Å². The summed E-state index contributed by atoms with van der Waals surface area (Å²) >= 11 is 0. The van der Waals surface area contributed by atoms with Gasteiger partial charge in [-0.2, -0.15) is 0 Å². The molecule has 8 nitrogen and oxygen atoms in total. The van der Waals surface area contributed by atoms with Gasteiger partial charge in [0.1, 0.15) is 17.0 Å². The minimum Gasteiger partial charge on any atom is -0.492 e. The number of aromatic nitrogens is 1. The number of fused-ring (bicyclic) bond motifs is 1. The van der Waals surface area contributed by atoms with Gasteiger partial charge in [0.15, 0.2) is 11.5 Å². The summed E-state index contributed by atoms with van der Waals surface area (Å²) < 4.78 is 17.2. The van der Waals surface area contributed by atoms with E-state index in [2.05, 4.69) is 0 Å². The number of esters is 2. The normalized spacial score (nSPS) is 13.3. The smallest absolute Gasteiger partial charge is 0.347 e. The second kappa shape index (κ2) is 7.38. The first-order chi connectivity index (χ1) is 13.7. The zero-order valence-corrected chi connectivity index (χ0v) is 16.6. The van der Waals surface area contributed by atoms with Crippen LogP contribution < -0.4 is 9.47 Å². The molecule has 1 aromatic heterocycles. The van der Waals surface area contributed by atoms with Crippen molar-refractivity contribution >= 4 is 23.5 Å². The Bertz CT molecular complexity index is 1100. The average Bonchev–Trinajstić information content (AvgIpc) is 2.92. The van der Waals surface area contributed by atoms with E-state index in [1.54, 1.807) is 26.1 Å². The van der Waals surface area contributed by atoms with Crippen molar-refractivity contribution in [2.24, 2.45) is 7.05 Å². The van der Waals surface area contributed by atoms with Crippen LogP contribution >= 0.6 is 0 Å². The molecule has 8 heteroatoms. The van der Waals surface area contributed by atoms with Crippen LogP contribution in [0.3, 0.4) is 0 Å². The molecule has 2 aromatic rings. The minimum absolute atomic E-state index is 0.00738. The fourth-order valence-electron chi connectivity index (χ4n) is 3.21. The Morgan fingerprint density at radius 3 is 2.28 bits per heavy atom. The van der Waals surface area contributed by atoms with Crippen molar-refractivity contribution < 1.29 is 33.4 Å². The van der Waals surface area contributed by atoms with Gasteiger partial charge < -0.3 is 18.8 Å². The number of para-hydroxylation sites is 1. The topological polar surface area (TPSA) is 101 Å². The summed E-state index contributed by atoms with van der Waals surface area (Å²) in [5, 5.41) is 0. The standard InChI is InChI=1S/C21H19NO7/c1-10-17(24)16-15(18(25)19(10)27-5)20(11(2)22(16)4)29-21(26)13-8-6-7-9-14(13)28-12(3)23/h6-9H,1-5H3. The summed E-state index contributed by atoms with van der Waals surface area (Å²) in [4.78, 5) is 49.8. The Labute approximate surface area is 166 Å². The molecule has 0 saturated heterocycles. The number of hydrogen-bond donors (Lipinski definition) is 0. The van der Waals surface area contributed by atoms with Gasteiger partial charge in [0, 0.05) is 19.5 Å². The van der Waals surface area contributed by atoms with Crippen LogP contribution in [0.25, 0.3) is 0 Å². The molecule has 150 valence electrons. The van der Waals surface area contributed by atoms with Crippen LogP contribution in [-0.4, -0.2) is 35.2 Å². The molecule has 0 radical (unpaired) electrons. The molecule has 29 heavy (non-hydrogen) atoms. The Balaban J connectivity index is 2.08. The molecule has 0 unspecified atom stereocenters. The number of benzene rings is 1. The summed E-state index contributed by atoms with van der Waals surface area (Å²) in [5.74, 6) is -2.45. The molecular formula is C21H19NO7. The van der Waals surface area contributed by atoms with Crippen molar-refractivity contribution in [3.63, 3.8) is 0 Å². The lowest BCUT2D eigenvalue weighted by Crippen LogP contribution is -2.23. The third-order valence-corrected chi connectivity index (χ3v) is 4.72. The Morgan fingerprint density at radius 1 is 1.00 bits per heavy atom. The number of carbonyl (C=O) groups excluding carboxylic acids is 4. The van der Waals surface area contributed by atoms with E-state index >= 15 is 0 Å². The highest BCUT2D eigenvalue weighted by Gasteiger charge is 2.39. The average molecular weight is 397 g/mol. The molecule has 1 heterocycles. The van der Waals surface area contributed by atoms with E-state index in [1.165, 1.54) is 37.7 Å². The first-order valence-electron chi connectivity index (χ1n) is 8.72. The summed E-state index contributed by atoms with van der Waals surface area (Å²) in [6, 6.07) is 6.07. The van der Waals surface area contributed by atoms with E-state index in [4.69, 9.17) is 14.2 Å². The predicted molar refractivity (Wildman–Crippen MR) is 101 cm³/mol. The maximum Gasteiger partial charge on any atom is 0.347 e. The molecule has 1 aromatic carbocycles. The molecule has 0 amide bonds. The predicted octanol–water partition coefficient (Wildman–Crippen LogP) is 2.78. The van der Waals surface area contributed by atoms with Gasteiger partial charge >= 0.3 is 11.9 Å². The number of hydrogen-bond acceptors (Lipinski definition) is 7. The Morgan fingerprint density at radius 2 is 1.66 bits per heavy atom. The minimum atomic E-state index is -0.830. The summed E-state index contributed by atoms with van der Waals surface area (Å²) in [6.07, 6.45) is 0. The van der Waals surface area contributed by atoms with Gasteiger partial charge in [0.25, 0.3) is 0 Å². The van der Waals surface area contributed by atoms with Crippen LogP contribution in [-0.2, 0) is 16.6 Å². The first kappa shape index (κ1) is 20.1. The van der Waals surface area contributed by atoms with Gasteiger partial charge in [-0.25, -0.2) is 4.79 Å². The van der Waals surface area contributed by atoms with Crippen LogP contribution in [0, 0.1) is 6.92 Å². The second-order valence-electron chi connectivity index (χ2n) is 6.49. The number of methoxy groups -OCH3 is 1. The van der Waals surface area contributed by atoms with E-state index < -0.39 is 17.7 Å². The van der Waals surface area contributed by atoms with Crippen molar-refractivity contribution in [2.75, 3.05) is 7.11 Å². The lowest BCUT2D eigenvalue weighted by atomic mass is 9.93. The Kier molecular flexibility index (Phi) is 5.11. The maximum atomic E-state index is 12.9. The molecule has 3 rings (SSSR count). The van der Waals surface area contributed by atoms with Crippen molar-refractivity contribution in [3.8, 4) is 11.5 Å². The number of allylic oxidation sites excluding steroid dienone is 2. The molecule has 0 fully saturated rings. The van der Waals surface area contributed by atoms with E-state index in [0.717, 1.165) is 0 Å². The molecule has 0 aliphatic heterocycles. The zero-order chi connectivity index (χ0) is 21.5. The van der Waals surface area contributed by atoms with Gasteiger partial charge in [-0.1, -0.05) is 12.1 Å². The number of Topliss-reactive ketones (excluding diaryl/α,β-unsaturated/α-hetero) is 2. The quantitative estimate of drug-likeness (QED) is 0.577. The second-order valence-corrected chi connectivity index (χ2v) is 6.49. The third-order valence-electron chi connectivity index (χ3n) is 4.72. The first-order valence-corrected chi connectivity index (χ1v) is 8.72. The van der Waals surface area contributed by atoms with Crippen molar-refractivity contribution in [1.29, 1.82) is 0 Å². The molecule has 0 spiro atoms. The number of nitrogens with zero attached hydrogens (tertiary/aromatic N) is 1.